The van der Waals surface area contributed by atoms with Crippen LogP contribution < -0.4 is 0 Å². The highest BCUT2D eigenvalue weighted by Crippen LogP contribution is 2.39. The fourth-order valence-corrected chi connectivity index (χ4v) is 2.65. The Balaban J connectivity index is 2.04. The molecular weight excluding hydrogens is 158 g/mol. The first-order valence-corrected chi connectivity index (χ1v) is 5.45. The second-order valence-electron chi connectivity index (χ2n) is 4.20. The van der Waals surface area contributed by atoms with Crippen LogP contribution in [0.25, 0.3) is 0 Å². The van der Waals surface area contributed by atoms with Gasteiger partial charge in [0.25, 0.3) is 0 Å². The van der Waals surface area contributed by atoms with Gasteiger partial charge in [0, 0.05) is 11.4 Å². The Bertz CT molecular complexity index is 319. The number of rotatable bonds is 0. The summed E-state index contributed by atoms with van der Waals surface area (Å²) in [4.78, 5) is 4.76. The molecule has 13 heavy (non-hydrogen) atoms. The van der Waals surface area contributed by atoms with Gasteiger partial charge in [-0.25, -0.2) is 0 Å². The lowest BCUT2D eigenvalue weighted by Crippen LogP contribution is -2.06. The fraction of sp³-hybridized carbons (Fsp3) is 0.583. The summed E-state index contributed by atoms with van der Waals surface area (Å²) in [5, 5.41) is 0. The van der Waals surface area contributed by atoms with Crippen LogP contribution >= 0.6 is 0 Å². The van der Waals surface area contributed by atoms with E-state index in [1.165, 1.54) is 61.9 Å². The zero-order valence-electron chi connectivity index (χ0n) is 7.97. The Morgan fingerprint density at radius 1 is 1.00 bits per heavy atom. The molecule has 3 rings (SSSR count). The summed E-state index contributed by atoms with van der Waals surface area (Å²) >= 11 is 0. The van der Waals surface area contributed by atoms with Crippen LogP contribution in [0.3, 0.4) is 0 Å². The topological polar surface area (TPSA) is 12.4 Å². The lowest BCUT2D eigenvalue weighted by atomic mass is 9.87. The van der Waals surface area contributed by atoms with Gasteiger partial charge in [0.1, 0.15) is 0 Å². The van der Waals surface area contributed by atoms with Crippen molar-refractivity contribution in [3.63, 3.8) is 0 Å². The molecule has 68 valence electrons. The molecule has 0 bridgehead atoms. The molecule has 0 unspecified atom stereocenters. The molecule has 0 atom stereocenters. The molecule has 1 nitrogen and oxygen atoms in total. The minimum Gasteiger partial charge on any atom is -0.257 e. The van der Waals surface area contributed by atoms with Gasteiger partial charge in [0.2, 0.25) is 0 Å². The Hall–Kier alpha value is -0.850. The SMILES string of the molecule is C1=C2C(=NC3=C2CCCC3)CCC1. The Labute approximate surface area is 79.3 Å². The third-order valence-electron chi connectivity index (χ3n) is 3.31. The molecule has 0 spiro atoms. The van der Waals surface area contributed by atoms with E-state index in [2.05, 4.69) is 6.08 Å². The van der Waals surface area contributed by atoms with E-state index < -0.39 is 0 Å². The molecule has 1 heterocycles. The summed E-state index contributed by atoms with van der Waals surface area (Å²) in [5.74, 6) is 0. The van der Waals surface area contributed by atoms with Crippen LogP contribution in [0.1, 0.15) is 44.9 Å². The van der Waals surface area contributed by atoms with Crippen LogP contribution in [0.5, 0.6) is 0 Å². The van der Waals surface area contributed by atoms with Gasteiger partial charge in [0.15, 0.2) is 0 Å². The van der Waals surface area contributed by atoms with Gasteiger partial charge in [-0.15, -0.1) is 0 Å². The van der Waals surface area contributed by atoms with Gasteiger partial charge < -0.3 is 0 Å². The molecule has 1 heteroatoms. The van der Waals surface area contributed by atoms with E-state index in [9.17, 15) is 0 Å². The second kappa shape index (κ2) is 2.83. The molecule has 0 radical (unpaired) electrons. The van der Waals surface area contributed by atoms with Crippen molar-refractivity contribution in [2.24, 2.45) is 4.99 Å². The van der Waals surface area contributed by atoms with Crippen molar-refractivity contribution in [3.8, 4) is 0 Å². The van der Waals surface area contributed by atoms with Crippen LogP contribution in [-0.4, -0.2) is 5.71 Å². The zero-order valence-corrected chi connectivity index (χ0v) is 7.97. The van der Waals surface area contributed by atoms with Gasteiger partial charge in [-0.2, -0.15) is 0 Å². The molecule has 0 fully saturated rings. The monoisotopic (exact) mass is 173 g/mol. The first kappa shape index (κ1) is 7.54. The minimum atomic E-state index is 1.22. The van der Waals surface area contributed by atoms with E-state index in [4.69, 9.17) is 4.99 Å². The van der Waals surface area contributed by atoms with Crippen LogP contribution in [0, 0.1) is 0 Å². The van der Waals surface area contributed by atoms with Crippen LogP contribution in [-0.2, 0) is 0 Å². The average Bonchev–Trinajstić information content (AvgIpc) is 2.56. The van der Waals surface area contributed by atoms with Gasteiger partial charge in [-0.3, -0.25) is 4.99 Å². The van der Waals surface area contributed by atoms with E-state index in [0.717, 1.165) is 0 Å². The van der Waals surface area contributed by atoms with Crippen molar-refractivity contribution in [3.05, 3.63) is 22.9 Å². The largest absolute Gasteiger partial charge is 0.257 e. The molecule has 0 saturated heterocycles. The quantitative estimate of drug-likeness (QED) is 0.532. The molecule has 1 aliphatic heterocycles. The van der Waals surface area contributed by atoms with Crippen molar-refractivity contribution in [1.82, 2.24) is 0 Å². The lowest BCUT2D eigenvalue weighted by Gasteiger charge is -2.15. The number of hydrogen-bond donors (Lipinski definition) is 0. The van der Waals surface area contributed by atoms with Crippen molar-refractivity contribution < 1.29 is 0 Å². The summed E-state index contributed by atoms with van der Waals surface area (Å²) in [6.45, 7) is 0. The highest BCUT2D eigenvalue weighted by atomic mass is 14.8. The molecule has 0 N–H and O–H groups in total. The highest BCUT2D eigenvalue weighted by Gasteiger charge is 2.26. The minimum absolute atomic E-state index is 1.22. The molecule has 3 aliphatic rings. The van der Waals surface area contributed by atoms with Crippen molar-refractivity contribution in [1.29, 1.82) is 0 Å². The lowest BCUT2D eigenvalue weighted by molar-refractivity contribution is 0.681. The third-order valence-corrected chi connectivity index (χ3v) is 3.31. The molecule has 0 aromatic carbocycles. The average molecular weight is 173 g/mol. The van der Waals surface area contributed by atoms with Crippen molar-refractivity contribution in [2.75, 3.05) is 0 Å². The summed E-state index contributed by atoms with van der Waals surface area (Å²) in [7, 11) is 0. The maximum Gasteiger partial charge on any atom is 0.0479 e. The maximum absolute atomic E-state index is 4.76. The first-order valence-electron chi connectivity index (χ1n) is 5.45. The predicted octanol–water partition coefficient (Wildman–Crippen LogP) is 3.38. The standard InChI is InChI=1S/C12H15N/c1-3-7-11-9(5-1)10-6-2-4-8-12(10)13-11/h5H,1-4,6-8H2. The molecule has 0 aromatic heterocycles. The number of aliphatic imine (C=N–C) groups is 1. The maximum atomic E-state index is 4.76. The molecule has 2 aliphatic carbocycles. The number of fused-ring (bicyclic) bond motifs is 2. The summed E-state index contributed by atoms with van der Waals surface area (Å²) < 4.78 is 0. The smallest absolute Gasteiger partial charge is 0.0479 e. The normalized spacial score (nSPS) is 26.5. The van der Waals surface area contributed by atoms with E-state index in [1.807, 2.05) is 0 Å². The Morgan fingerprint density at radius 3 is 2.92 bits per heavy atom. The van der Waals surface area contributed by atoms with Crippen LogP contribution in [0.15, 0.2) is 27.9 Å². The molecular formula is C12H15N. The fourth-order valence-electron chi connectivity index (χ4n) is 2.65. The molecule has 0 saturated carbocycles. The van der Waals surface area contributed by atoms with E-state index in [-0.39, 0.29) is 0 Å². The van der Waals surface area contributed by atoms with Gasteiger partial charge in [0.05, 0.1) is 0 Å². The van der Waals surface area contributed by atoms with E-state index in [1.54, 1.807) is 5.57 Å². The predicted molar refractivity (Wildman–Crippen MR) is 54.9 cm³/mol. The zero-order chi connectivity index (χ0) is 8.67. The highest BCUT2D eigenvalue weighted by molar-refractivity contribution is 6.07. The summed E-state index contributed by atoms with van der Waals surface area (Å²) in [6, 6.07) is 0. The summed E-state index contributed by atoms with van der Waals surface area (Å²) in [6.07, 6.45) is 11.5. The molecule has 0 aromatic rings. The number of hydrogen-bond acceptors (Lipinski definition) is 1. The van der Waals surface area contributed by atoms with Crippen LogP contribution in [0.4, 0.5) is 0 Å². The van der Waals surface area contributed by atoms with E-state index in [0.29, 0.717) is 0 Å². The van der Waals surface area contributed by atoms with E-state index >= 15 is 0 Å². The second-order valence-corrected chi connectivity index (χ2v) is 4.20. The Morgan fingerprint density at radius 2 is 1.92 bits per heavy atom. The van der Waals surface area contributed by atoms with Crippen molar-refractivity contribution in [2.45, 2.75) is 44.9 Å². The van der Waals surface area contributed by atoms with Gasteiger partial charge >= 0.3 is 0 Å². The van der Waals surface area contributed by atoms with Gasteiger partial charge in [-0.1, -0.05) is 6.08 Å². The Kier molecular flexibility index (Phi) is 1.64. The van der Waals surface area contributed by atoms with Crippen molar-refractivity contribution >= 4 is 5.71 Å². The molecule has 0 amide bonds. The number of nitrogens with zero attached hydrogens (tertiary/aromatic N) is 1. The van der Waals surface area contributed by atoms with Crippen LogP contribution in [0.2, 0.25) is 0 Å². The summed E-state index contributed by atoms with van der Waals surface area (Å²) in [5.41, 5.74) is 5.95. The third kappa shape index (κ3) is 1.10. The number of allylic oxidation sites excluding steroid dienone is 4. The van der Waals surface area contributed by atoms with Gasteiger partial charge in [-0.05, 0) is 56.1 Å². The first-order chi connectivity index (χ1) is 6.45.